The number of para-hydroxylation sites is 1. The quantitative estimate of drug-likeness (QED) is 0.520. The molecular formula is C21H19F2N5. The number of fused-ring (bicyclic) bond motifs is 4. The summed E-state index contributed by atoms with van der Waals surface area (Å²) in [6, 6.07) is 8.66. The maximum Gasteiger partial charge on any atom is 0.162 e. The van der Waals surface area contributed by atoms with E-state index in [9.17, 15) is 0 Å². The highest BCUT2D eigenvalue weighted by Crippen LogP contribution is 2.43. The number of rotatable bonds is 2. The summed E-state index contributed by atoms with van der Waals surface area (Å²) in [4.78, 5) is 3.09. The maximum absolute atomic E-state index is 15.9. The topological polar surface area (TPSA) is 58.5 Å². The molecule has 0 spiro atoms. The van der Waals surface area contributed by atoms with Crippen molar-refractivity contribution in [2.24, 2.45) is 0 Å². The van der Waals surface area contributed by atoms with E-state index >= 15 is 8.78 Å². The highest BCUT2D eigenvalue weighted by atomic mass is 19.1. The number of anilines is 1. The Hall–Kier alpha value is -3.22. The average molecular weight is 379 g/mol. The van der Waals surface area contributed by atoms with Gasteiger partial charge in [-0.2, -0.15) is 0 Å². The molecule has 2 aromatic carbocycles. The number of benzene rings is 2. The predicted molar refractivity (Wildman–Crippen MR) is 105 cm³/mol. The number of nitrogens with zero attached hydrogens (tertiary/aromatic N) is 3. The first-order valence-corrected chi connectivity index (χ1v) is 9.24. The highest BCUT2D eigenvalue weighted by Gasteiger charge is 2.37. The average Bonchev–Trinajstić information content (AvgIpc) is 3.28. The Morgan fingerprint density at radius 2 is 1.96 bits per heavy atom. The molecule has 0 radical (unpaired) electrons. The van der Waals surface area contributed by atoms with Crippen molar-refractivity contribution in [2.45, 2.75) is 32.7 Å². The summed E-state index contributed by atoms with van der Waals surface area (Å²) < 4.78 is 32.8. The lowest BCUT2D eigenvalue weighted by Crippen LogP contribution is -2.36. The van der Waals surface area contributed by atoms with Crippen LogP contribution in [0.5, 0.6) is 0 Å². The zero-order valence-electron chi connectivity index (χ0n) is 15.8. The van der Waals surface area contributed by atoms with Crippen molar-refractivity contribution in [3.8, 4) is 16.8 Å². The lowest BCUT2D eigenvalue weighted by molar-refractivity contribution is 0.516. The van der Waals surface area contributed by atoms with Crippen LogP contribution in [-0.2, 0) is 12.0 Å². The lowest BCUT2D eigenvalue weighted by Gasteiger charge is -2.34. The largest absolute Gasteiger partial charge is 0.371 e. The second-order valence-electron chi connectivity index (χ2n) is 7.57. The van der Waals surface area contributed by atoms with Gasteiger partial charge in [-0.1, -0.05) is 25.1 Å². The van der Waals surface area contributed by atoms with Gasteiger partial charge in [-0.15, -0.1) is 10.2 Å². The third-order valence-electron chi connectivity index (χ3n) is 5.33. The van der Waals surface area contributed by atoms with E-state index in [2.05, 4.69) is 20.5 Å². The minimum Gasteiger partial charge on any atom is -0.371 e. The Morgan fingerprint density at radius 3 is 2.75 bits per heavy atom. The standard InChI is InChI=1S/C21H19F2N5/c1-4-15-26-27-20-21(2,3)25-14-10-13(22)16(17(23)19(14)28(15)20)12-7-5-6-11-8-9-24-18(11)12/h5-10,24-25H,4H2,1-3H3. The number of aromatic amines is 1. The summed E-state index contributed by atoms with van der Waals surface area (Å²) in [5, 5.41) is 12.6. The molecule has 3 heterocycles. The SMILES string of the molecule is CCc1nnc2n1-c1c(cc(F)c(-c3cccc4cc[nH]c34)c1F)NC2(C)C. The fourth-order valence-electron chi connectivity index (χ4n) is 4.04. The van der Waals surface area contributed by atoms with Gasteiger partial charge in [0, 0.05) is 24.2 Å². The number of aromatic nitrogens is 4. The van der Waals surface area contributed by atoms with Crippen LogP contribution in [0.25, 0.3) is 27.7 Å². The number of H-pyrrole nitrogens is 1. The third kappa shape index (κ3) is 2.16. The van der Waals surface area contributed by atoms with E-state index in [1.807, 2.05) is 32.9 Å². The van der Waals surface area contributed by atoms with Crippen LogP contribution in [0.2, 0.25) is 0 Å². The van der Waals surface area contributed by atoms with Crippen LogP contribution in [0.1, 0.15) is 32.4 Å². The van der Waals surface area contributed by atoms with Gasteiger partial charge in [0.05, 0.1) is 22.3 Å². The summed E-state index contributed by atoms with van der Waals surface area (Å²) in [5.74, 6) is -0.00108. The van der Waals surface area contributed by atoms with Gasteiger partial charge in [0.2, 0.25) is 0 Å². The molecule has 28 heavy (non-hydrogen) atoms. The van der Waals surface area contributed by atoms with Gasteiger partial charge < -0.3 is 10.3 Å². The zero-order valence-corrected chi connectivity index (χ0v) is 15.8. The summed E-state index contributed by atoms with van der Waals surface area (Å²) in [7, 11) is 0. The second kappa shape index (κ2) is 5.64. The second-order valence-corrected chi connectivity index (χ2v) is 7.57. The van der Waals surface area contributed by atoms with Crippen molar-refractivity contribution in [1.29, 1.82) is 0 Å². The van der Waals surface area contributed by atoms with Crippen LogP contribution in [0.15, 0.2) is 36.5 Å². The number of hydrogen-bond acceptors (Lipinski definition) is 3. The van der Waals surface area contributed by atoms with Gasteiger partial charge >= 0.3 is 0 Å². The summed E-state index contributed by atoms with van der Waals surface area (Å²) in [6.07, 6.45) is 2.35. The minimum absolute atomic E-state index is 0.0602. The molecule has 0 unspecified atom stereocenters. The van der Waals surface area contributed by atoms with E-state index in [0.29, 0.717) is 34.8 Å². The highest BCUT2D eigenvalue weighted by molar-refractivity contribution is 5.95. The molecule has 1 aliphatic heterocycles. The van der Waals surface area contributed by atoms with Crippen LogP contribution in [0, 0.1) is 11.6 Å². The Morgan fingerprint density at radius 1 is 1.14 bits per heavy atom. The molecule has 0 saturated carbocycles. The van der Waals surface area contributed by atoms with Crippen molar-refractivity contribution in [2.75, 3.05) is 5.32 Å². The van der Waals surface area contributed by atoms with Crippen LogP contribution >= 0.6 is 0 Å². The lowest BCUT2D eigenvalue weighted by atomic mass is 9.96. The maximum atomic E-state index is 15.9. The van der Waals surface area contributed by atoms with Crippen molar-refractivity contribution in [1.82, 2.24) is 19.7 Å². The van der Waals surface area contributed by atoms with Crippen molar-refractivity contribution in [3.63, 3.8) is 0 Å². The summed E-state index contributed by atoms with van der Waals surface area (Å²) in [6.45, 7) is 5.77. The predicted octanol–water partition coefficient (Wildman–Crippen LogP) is 4.92. The van der Waals surface area contributed by atoms with Crippen LogP contribution in [-0.4, -0.2) is 19.7 Å². The van der Waals surface area contributed by atoms with Gasteiger partial charge in [-0.25, -0.2) is 8.78 Å². The molecule has 0 amide bonds. The molecule has 5 rings (SSSR count). The van der Waals surface area contributed by atoms with Crippen LogP contribution in [0.3, 0.4) is 0 Å². The van der Waals surface area contributed by atoms with Crippen LogP contribution < -0.4 is 5.32 Å². The van der Waals surface area contributed by atoms with Crippen molar-refractivity contribution >= 4 is 16.6 Å². The zero-order chi connectivity index (χ0) is 19.6. The molecule has 2 aromatic heterocycles. The molecule has 2 N–H and O–H groups in total. The van der Waals surface area contributed by atoms with E-state index < -0.39 is 17.2 Å². The molecule has 0 saturated heterocycles. The number of nitrogens with one attached hydrogen (secondary N) is 2. The Kier molecular flexibility index (Phi) is 3.41. The first kappa shape index (κ1) is 16.9. The number of hydrogen-bond donors (Lipinski definition) is 2. The minimum atomic E-state index is -0.629. The summed E-state index contributed by atoms with van der Waals surface area (Å²) >= 11 is 0. The van der Waals surface area contributed by atoms with E-state index in [1.54, 1.807) is 22.9 Å². The first-order valence-electron chi connectivity index (χ1n) is 9.24. The van der Waals surface area contributed by atoms with E-state index in [1.165, 1.54) is 6.07 Å². The Labute approximate surface area is 160 Å². The molecule has 0 bridgehead atoms. The number of aryl methyl sites for hydroxylation is 1. The molecule has 142 valence electrons. The van der Waals surface area contributed by atoms with Gasteiger partial charge in [-0.05, 0) is 25.3 Å². The van der Waals surface area contributed by atoms with E-state index in [0.717, 1.165) is 5.39 Å². The van der Waals surface area contributed by atoms with Gasteiger partial charge in [0.1, 0.15) is 17.3 Å². The van der Waals surface area contributed by atoms with Gasteiger partial charge in [-0.3, -0.25) is 4.57 Å². The molecule has 7 heteroatoms. The van der Waals surface area contributed by atoms with E-state index in [-0.39, 0.29) is 11.3 Å². The molecule has 5 nitrogen and oxygen atoms in total. The van der Waals surface area contributed by atoms with E-state index in [4.69, 9.17) is 0 Å². The molecule has 0 aliphatic carbocycles. The normalized spacial score (nSPS) is 14.6. The molecule has 1 aliphatic rings. The fraction of sp³-hybridized carbons (Fsp3) is 0.238. The summed E-state index contributed by atoms with van der Waals surface area (Å²) in [5.41, 5.74) is 1.17. The molecule has 0 fully saturated rings. The van der Waals surface area contributed by atoms with Crippen molar-refractivity contribution < 1.29 is 8.78 Å². The number of halogens is 2. The van der Waals surface area contributed by atoms with Gasteiger partial charge in [0.15, 0.2) is 11.6 Å². The smallest absolute Gasteiger partial charge is 0.162 e. The van der Waals surface area contributed by atoms with Crippen LogP contribution in [0.4, 0.5) is 14.5 Å². The molecule has 4 aromatic rings. The Balaban J connectivity index is 1.86. The fourth-order valence-corrected chi connectivity index (χ4v) is 4.04. The Bertz CT molecular complexity index is 1240. The first-order chi connectivity index (χ1) is 13.4. The third-order valence-corrected chi connectivity index (χ3v) is 5.33. The monoisotopic (exact) mass is 379 g/mol. The molecule has 0 atom stereocenters. The molecular weight excluding hydrogens is 360 g/mol. The van der Waals surface area contributed by atoms with Gasteiger partial charge in [0.25, 0.3) is 0 Å². The van der Waals surface area contributed by atoms with Crippen molar-refractivity contribution in [3.05, 3.63) is 59.8 Å².